The molecule has 33 heavy (non-hydrogen) atoms. The van der Waals surface area contributed by atoms with Crippen molar-refractivity contribution in [3.05, 3.63) is 106 Å². The van der Waals surface area contributed by atoms with Gasteiger partial charge in [-0.1, -0.05) is 72.3 Å². The summed E-state index contributed by atoms with van der Waals surface area (Å²) in [7, 11) is 0. The SMILES string of the molecule is CC1=NN(c2ccccc2)C2(O)C1=C1C(=O)NN=C(c3ccccc3)N1c1c(Cl)cccc12. The van der Waals surface area contributed by atoms with Gasteiger partial charge in [-0.25, -0.2) is 10.4 Å². The number of hydrogen-bond acceptors (Lipinski definition) is 6. The van der Waals surface area contributed by atoms with E-state index < -0.39 is 11.6 Å². The molecule has 0 saturated carbocycles. The predicted molar refractivity (Wildman–Crippen MR) is 128 cm³/mol. The number of rotatable bonds is 2. The van der Waals surface area contributed by atoms with Gasteiger partial charge in [-0.05, 0) is 25.1 Å². The Bertz CT molecular complexity index is 1400. The highest BCUT2D eigenvalue weighted by molar-refractivity contribution is 6.36. The topological polar surface area (TPSA) is 80.5 Å². The van der Waals surface area contributed by atoms with Gasteiger partial charge < -0.3 is 5.11 Å². The molecule has 1 unspecified atom stereocenters. The molecule has 3 aliphatic heterocycles. The first-order chi connectivity index (χ1) is 16.0. The number of hydrazone groups is 2. The maximum atomic E-state index is 13.3. The summed E-state index contributed by atoms with van der Waals surface area (Å²) in [6.07, 6.45) is 0. The normalized spacial score (nSPS) is 21.1. The number of nitrogens with one attached hydrogen (secondary N) is 1. The third kappa shape index (κ3) is 2.63. The van der Waals surface area contributed by atoms with Crippen LogP contribution in [0.5, 0.6) is 0 Å². The first-order valence-corrected chi connectivity index (χ1v) is 10.8. The minimum Gasteiger partial charge on any atom is -0.362 e. The third-order valence-corrected chi connectivity index (χ3v) is 6.34. The lowest BCUT2D eigenvalue weighted by Crippen LogP contribution is -2.54. The smallest absolute Gasteiger partial charge is 0.289 e. The molecular formula is C25H18ClN5O2. The lowest BCUT2D eigenvalue weighted by atomic mass is 9.84. The number of fused-ring (bicyclic) bond motifs is 5. The molecule has 3 heterocycles. The molecule has 0 bridgehead atoms. The first-order valence-electron chi connectivity index (χ1n) is 10.4. The highest BCUT2D eigenvalue weighted by Gasteiger charge is 2.56. The van der Waals surface area contributed by atoms with Gasteiger partial charge in [0.05, 0.1) is 27.7 Å². The Morgan fingerprint density at radius 1 is 0.970 bits per heavy atom. The largest absolute Gasteiger partial charge is 0.362 e. The van der Waals surface area contributed by atoms with Crippen LogP contribution in [-0.2, 0) is 10.5 Å². The van der Waals surface area contributed by atoms with Crippen molar-refractivity contribution in [2.45, 2.75) is 12.6 Å². The van der Waals surface area contributed by atoms with Crippen LogP contribution < -0.4 is 15.3 Å². The molecule has 0 radical (unpaired) electrons. The monoisotopic (exact) mass is 455 g/mol. The van der Waals surface area contributed by atoms with Crippen LogP contribution in [0.3, 0.4) is 0 Å². The molecule has 0 spiro atoms. The Hall–Kier alpha value is -3.94. The zero-order valence-electron chi connectivity index (χ0n) is 17.5. The van der Waals surface area contributed by atoms with Gasteiger partial charge in [0.2, 0.25) is 5.72 Å². The van der Waals surface area contributed by atoms with Crippen molar-refractivity contribution in [3.8, 4) is 0 Å². The van der Waals surface area contributed by atoms with E-state index in [0.29, 0.717) is 39.1 Å². The number of carbonyl (C=O) groups is 1. The van der Waals surface area contributed by atoms with Gasteiger partial charge in [0.25, 0.3) is 5.91 Å². The molecule has 3 aromatic carbocycles. The summed E-state index contributed by atoms with van der Waals surface area (Å²) in [4.78, 5) is 15.0. The van der Waals surface area contributed by atoms with Crippen molar-refractivity contribution in [2.24, 2.45) is 10.2 Å². The van der Waals surface area contributed by atoms with E-state index in [0.717, 1.165) is 5.56 Å². The van der Waals surface area contributed by atoms with Crippen molar-refractivity contribution >= 4 is 40.4 Å². The van der Waals surface area contributed by atoms with Crippen molar-refractivity contribution in [2.75, 3.05) is 9.91 Å². The molecule has 8 heteroatoms. The van der Waals surface area contributed by atoms with Gasteiger partial charge in [-0.2, -0.15) is 10.2 Å². The van der Waals surface area contributed by atoms with Crippen LogP contribution in [0, 0.1) is 0 Å². The van der Waals surface area contributed by atoms with Crippen molar-refractivity contribution < 1.29 is 9.90 Å². The van der Waals surface area contributed by atoms with E-state index in [9.17, 15) is 9.90 Å². The van der Waals surface area contributed by atoms with Crippen molar-refractivity contribution in [1.29, 1.82) is 0 Å². The summed E-state index contributed by atoms with van der Waals surface area (Å²) in [6.45, 7) is 1.78. The van der Waals surface area contributed by atoms with Crippen LogP contribution in [-0.4, -0.2) is 22.6 Å². The fourth-order valence-electron chi connectivity index (χ4n) is 4.69. The standard InChI is InChI=1S/C25H18ClN5O2/c1-15-20-22-24(32)28-27-23(16-9-4-2-5-10-16)30(22)21-18(13-8-14-19(21)26)25(20,33)31(29-15)17-11-6-3-7-12-17/h2-14,33H,1H3,(H,28,32). The molecule has 0 saturated heterocycles. The average Bonchev–Trinajstić information content (AvgIpc) is 3.12. The number of nitrogens with zero attached hydrogens (tertiary/aromatic N) is 4. The summed E-state index contributed by atoms with van der Waals surface area (Å²) in [6, 6.07) is 24.2. The highest BCUT2D eigenvalue weighted by atomic mass is 35.5. The van der Waals surface area contributed by atoms with Crippen LogP contribution in [0.2, 0.25) is 5.02 Å². The molecule has 0 aromatic heterocycles. The third-order valence-electron chi connectivity index (χ3n) is 6.04. The minimum atomic E-state index is -1.73. The molecule has 3 aliphatic rings. The zero-order valence-corrected chi connectivity index (χ0v) is 18.3. The summed E-state index contributed by atoms with van der Waals surface area (Å²) < 4.78 is 0. The molecule has 6 rings (SSSR count). The van der Waals surface area contributed by atoms with Crippen LogP contribution in [0.25, 0.3) is 0 Å². The Morgan fingerprint density at radius 3 is 2.39 bits per heavy atom. The number of para-hydroxylation sites is 2. The Balaban J connectivity index is 1.69. The second-order valence-corrected chi connectivity index (χ2v) is 8.35. The second-order valence-electron chi connectivity index (χ2n) is 7.94. The quantitative estimate of drug-likeness (QED) is 0.613. The first kappa shape index (κ1) is 19.7. The van der Waals surface area contributed by atoms with Crippen molar-refractivity contribution in [1.82, 2.24) is 5.43 Å². The number of aliphatic hydroxyl groups is 1. The van der Waals surface area contributed by atoms with Crippen LogP contribution >= 0.6 is 11.6 Å². The lowest BCUT2D eigenvalue weighted by molar-refractivity contribution is -0.118. The van der Waals surface area contributed by atoms with Gasteiger partial charge in [0.15, 0.2) is 5.84 Å². The maximum Gasteiger partial charge on any atom is 0.289 e. The van der Waals surface area contributed by atoms with E-state index in [1.54, 1.807) is 35.0 Å². The fourth-order valence-corrected chi connectivity index (χ4v) is 4.95. The summed E-state index contributed by atoms with van der Waals surface area (Å²) >= 11 is 6.73. The van der Waals surface area contributed by atoms with E-state index in [4.69, 9.17) is 11.6 Å². The van der Waals surface area contributed by atoms with Gasteiger partial charge in [0.1, 0.15) is 5.70 Å². The van der Waals surface area contributed by atoms with Crippen LogP contribution in [0.4, 0.5) is 11.4 Å². The number of amides is 1. The molecule has 7 nitrogen and oxygen atoms in total. The molecule has 1 amide bonds. The minimum absolute atomic E-state index is 0.242. The predicted octanol–water partition coefficient (Wildman–Crippen LogP) is 3.95. The lowest BCUT2D eigenvalue weighted by Gasteiger charge is -2.44. The van der Waals surface area contributed by atoms with Gasteiger partial charge in [-0.15, -0.1) is 0 Å². The average molecular weight is 456 g/mol. The summed E-state index contributed by atoms with van der Waals surface area (Å²) in [5.74, 6) is 0.0539. The molecular weight excluding hydrogens is 438 g/mol. The van der Waals surface area contributed by atoms with E-state index >= 15 is 0 Å². The summed E-state index contributed by atoms with van der Waals surface area (Å²) in [5, 5.41) is 23.3. The van der Waals surface area contributed by atoms with E-state index in [1.807, 2.05) is 60.7 Å². The number of carbonyl (C=O) groups excluding carboxylic acids is 1. The molecule has 1 atom stereocenters. The number of anilines is 2. The fraction of sp³-hybridized carbons (Fsp3) is 0.0800. The highest BCUT2D eigenvalue weighted by Crippen LogP contribution is 2.53. The Morgan fingerprint density at radius 2 is 1.67 bits per heavy atom. The molecule has 3 aromatic rings. The Kier molecular flexibility index (Phi) is 4.20. The van der Waals surface area contributed by atoms with Crippen LogP contribution in [0.1, 0.15) is 18.1 Å². The number of amidine groups is 1. The molecule has 0 fully saturated rings. The van der Waals surface area contributed by atoms with Crippen LogP contribution in [0.15, 0.2) is 100 Å². The Labute approximate surface area is 194 Å². The van der Waals surface area contributed by atoms with Gasteiger partial charge in [-0.3, -0.25) is 9.69 Å². The number of hydrogen-bond donors (Lipinski definition) is 2. The van der Waals surface area contributed by atoms with E-state index in [-0.39, 0.29) is 5.70 Å². The van der Waals surface area contributed by atoms with Crippen molar-refractivity contribution in [3.63, 3.8) is 0 Å². The van der Waals surface area contributed by atoms with Gasteiger partial charge in [0, 0.05) is 11.1 Å². The summed E-state index contributed by atoms with van der Waals surface area (Å²) in [5.41, 5.74) is 4.51. The maximum absolute atomic E-state index is 13.3. The molecule has 0 aliphatic carbocycles. The molecule has 162 valence electrons. The number of halogens is 1. The zero-order chi connectivity index (χ0) is 22.7. The van der Waals surface area contributed by atoms with Gasteiger partial charge >= 0.3 is 0 Å². The second kappa shape index (κ2) is 7.03. The number of benzene rings is 3. The molecule has 2 N–H and O–H groups in total. The van der Waals surface area contributed by atoms with E-state index in [1.165, 1.54) is 0 Å². The van der Waals surface area contributed by atoms with E-state index in [2.05, 4.69) is 15.6 Å².